The number of rotatable bonds is 7. The van der Waals surface area contributed by atoms with E-state index in [-0.39, 0.29) is 5.84 Å². The number of allylic oxidation sites excluding steroid dienone is 4. The molecule has 2 aromatic carbocycles. The summed E-state index contributed by atoms with van der Waals surface area (Å²) in [5, 5.41) is 7.64. The summed E-state index contributed by atoms with van der Waals surface area (Å²) in [6, 6.07) is 11.7. The Kier molecular flexibility index (Phi) is 5.56. The van der Waals surface area contributed by atoms with Gasteiger partial charge >= 0.3 is 0 Å². The summed E-state index contributed by atoms with van der Waals surface area (Å²) in [6.07, 6.45) is 10.3. The fraction of sp³-hybridized carbons (Fsp3) is 0.269. The van der Waals surface area contributed by atoms with E-state index in [2.05, 4.69) is 53.3 Å². The minimum atomic E-state index is 0.0467. The maximum Gasteiger partial charge on any atom is 0.138 e. The van der Waals surface area contributed by atoms with Crippen molar-refractivity contribution in [3.63, 3.8) is 0 Å². The number of benzene rings is 2. The van der Waals surface area contributed by atoms with E-state index in [1.807, 2.05) is 30.3 Å². The highest BCUT2D eigenvalue weighted by Gasteiger charge is 2.15. The van der Waals surface area contributed by atoms with Gasteiger partial charge in [-0.3, -0.25) is 5.41 Å². The highest BCUT2D eigenvalue weighted by Crippen LogP contribution is 2.29. The van der Waals surface area contributed by atoms with Crippen molar-refractivity contribution in [3.05, 3.63) is 66.0 Å². The molecule has 0 saturated carbocycles. The van der Waals surface area contributed by atoms with E-state index in [1.54, 1.807) is 0 Å². The van der Waals surface area contributed by atoms with Crippen molar-refractivity contribution >= 4 is 33.5 Å². The van der Waals surface area contributed by atoms with Gasteiger partial charge in [-0.25, -0.2) is 9.97 Å². The van der Waals surface area contributed by atoms with Crippen molar-refractivity contribution in [2.45, 2.75) is 19.3 Å². The van der Waals surface area contributed by atoms with Crippen LogP contribution in [-0.4, -0.2) is 51.3 Å². The number of nitrogens with two attached hydrogens (primary N) is 1. The second-order valence-electron chi connectivity index (χ2n) is 9.01. The molecule has 0 aliphatic heterocycles. The van der Waals surface area contributed by atoms with E-state index in [4.69, 9.17) is 21.1 Å². The van der Waals surface area contributed by atoms with Crippen LogP contribution in [0.5, 0.6) is 0 Å². The van der Waals surface area contributed by atoms with Gasteiger partial charge in [-0.05, 0) is 82.2 Å². The fourth-order valence-corrected chi connectivity index (χ4v) is 4.38. The third-order valence-electron chi connectivity index (χ3n) is 6.15. The number of aromatic nitrogens is 4. The van der Waals surface area contributed by atoms with Gasteiger partial charge in [0.15, 0.2) is 0 Å². The van der Waals surface area contributed by atoms with Crippen LogP contribution in [0.3, 0.4) is 0 Å². The van der Waals surface area contributed by atoms with Gasteiger partial charge in [0.2, 0.25) is 0 Å². The van der Waals surface area contributed by atoms with Crippen LogP contribution in [0.15, 0.2) is 54.6 Å². The maximum atomic E-state index is 7.64. The van der Waals surface area contributed by atoms with Crippen LogP contribution < -0.4 is 5.73 Å². The Hall–Kier alpha value is -3.71. The maximum absolute atomic E-state index is 7.64. The largest absolute Gasteiger partial charge is 0.384 e. The first-order valence-corrected chi connectivity index (χ1v) is 11.3. The van der Waals surface area contributed by atoms with Crippen LogP contribution >= 0.6 is 0 Å². The molecule has 1 unspecified atom stereocenters. The lowest BCUT2D eigenvalue weighted by Crippen LogP contribution is -2.14. The molecule has 1 aliphatic carbocycles. The molecule has 1 atom stereocenters. The molecule has 168 valence electrons. The summed E-state index contributed by atoms with van der Waals surface area (Å²) in [5.74, 6) is 2.29. The highest BCUT2D eigenvalue weighted by molar-refractivity contribution is 5.98. The van der Waals surface area contributed by atoms with Crippen LogP contribution in [0.4, 0.5) is 0 Å². The summed E-state index contributed by atoms with van der Waals surface area (Å²) >= 11 is 0. The molecule has 4 aromatic rings. The van der Waals surface area contributed by atoms with E-state index < -0.39 is 0 Å². The van der Waals surface area contributed by atoms with Gasteiger partial charge < -0.3 is 20.6 Å². The van der Waals surface area contributed by atoms with Crippen molar-refractivity contribution in [1.82, 2.24) is 24.8 Å². The third kappa shape index (κ3) is 4.45. The number of imidazole rings is 2. The monoisotopic (exact) mass is 439 g/mol. The van der Waals surface area contributed by atoms with Crippen molar-refractivity contribution in [1.29, 1.82) is 5.41 Å². The second kappa shape index (κ2) is 8.67. The predicted octanol–water partition coefficient (Wildman–Crippen LogP) is 4.69. The number of fused-ring (bicyclic) bond motifs is 2. The Morgan fingerprint density at radius 3 is 2.58 bits per heavy atom. The molecule has 1 aliphatic rings. The summed E-state index contributed by atoms with van der Waals surface area (Å²) in [7, 11) is 4.25. The van der Waals surface area contributed by atoms with Crippen molar-refractivity contribution in [3.8, 4) is 11.4 Å². The molecular formula is C26H29N7. The predicted molar refractivity (Wildman–Crippen MR) is 135 cm³/mol. The SMILES string of the molecule is CN(C)CCCC1C=C(c2nc3ccc(-c4nc5ccc(C(=N)N)cc5[nH]4)cc3[nH]2)C=CC1. The van der Waals surface area contributed by atoms with Crippen molar-refractivity contribution in [2.24, 2.45) is 11.7 Å². The minimum Gasteiger partial charge on any atom is -0.384 e. The van der Waals surface area contributed by atoms with Crippen molar-refractivity contribution in [2.75, 3.05) is 20.6 Å². The second-order valence-corrected chi connectivity index (χ2v) is 9.01. The number of nitrogens with one attached hydrogen (secondary N) is 3. The van der Waals surface area contributed by atoms with Crippen LogP contribution in [-0.2, 0) is 0 Å². The van der Waals surface area contributed by atoms with Gasteiger partial charge in [0.25, 0.3) is 0 Å². The molecule has 0 saturated heterocycles. The number of hydrogen-bond acceptors (Lipinski definition) is 4. The molecule has 0 bridgehead atoms. The van der Waals surface area contributed by atoms with Crippen LogP contribution in [0, 0.1) is 11.3 Å². The quantitative estimate of drug-likeness (QED) is 0.247. The minimum absolute atomic E-state index is 0.0467. The first-order chi connectivity index (χ1) is 16.0. The van der Waals surface area contributed by atoms with E-state index >= 15 is 0 Å². The molecule has 2 heterocycles. The molecule has 5 rings (SSSR count). The van der Waals surface area contributed by atoms with Gasteiger partial charge in [0.05, 0.1) is 22.1 Å². The molecule has 0 fully saturated rings. The number of amidine groups is 1. The molecule has 0 radical (unpaired) electrons. The Morgan fingerprint density at radius 2 is 1.79 bits per heavy atom. The van der Waals surface area contributed by atoms with E-state index in [0.717, 1.165) is 57.8 Å². The van der Waals surface area contributed by atoms with Crippen molar-refractivity contribution < 1.29 is 0 Å². The van der Waals surface area contributed by atoms with Gasteiger partial charge in [-0.2, -0.15) is 0 Å². The normalized spacial score (nSPS) is 16.1. The first-order valence-electron chi connectivity index (χ1n) is 11.3. The van der Waals surface area contributed by atoms with E-state index in [0.29, 0.717) is 11.5 Å². The van der Waals surface area contributed by atoms with E-state index in [1.165, 1.54) is 12.8 Å². The summed E-state index contributed by atoms with van der Waals surface area (Å²) in [6.45, 7) is 1.12. The fourth-order valence-electron chi connectivity index (χ4n) is 4.38. The molecule has 7 nitrogen and oxygen atoms in total. The zero-order valence-corrected chi connectivity index (χ0v) is 19.0. The summed E-state index contributed by atoms with van der Waals surface area (Å²) in [4.78, 5) is 18.6. The first kappa shape index (κ1) is 21.2. The number of nitrogen functional groups attached to an aromatic ring is 1. The topological polar surface area (TPSA) is 110 Å². The number of hydrogen-bond donors (Lipinski definition) is 4. The summed E-state index contributed by atoms with van der Waals surface area (Å²) in [5.41, 5.74) is 12.1. The van der Waals surface area contributed by atoms with Crippen LogP contribution in [0.25, 0.3) is 39.0 Å². The van der Waals surface area contributed by atoms with Gasteiger partial charge in [-0.15, -0.1) is 0 Å². The van der Waals surface area contributed by atoms with E-state index in [9.17, 15) is 0 Å². The van der Waals surface area contributed by atoms with Crippen LogP contribution in [0.2, 0.25) is 0 Å². The Bertz CT molecular complexity index is 1390. The molecular weight excluding hydrogens is 410 g/mol. The Balaban J connectivity index is 1.41. The average molecular weight is 440 g/mol. The zero-order valence-electron chi connectivity index (χ0n) is 19.0. The number of H-pyrrole nitrogens is 2. The molecule has 0 spiro atoms. The number of aromatic amines is 2. The third-order valence-corrected chi connectivity index (χ3v) is 6.15. The standard InChI is InChI=1S/C26H29N7/c1-33(2)12-4-6-16-5-3-7-18(13-16)25-29-21-11-9-19(15-23(21)32-25)26-30-20-10-8-17(24(27)28)14-22(20)31-26/h3,7-11,13-16H,4-6,12H2,1-2H3,(H3,27,28)(H,29,32)(H,30,31). The molecule has 2 aromatic heterocycles. The lowest BCUT2D eigenvalue weighted by atomic mass is 9.92. The smallest absolute Gasteiger partial charge is 0.138 e. The summed E-state index contributed by atoms with van der Waals surface area (Å²) < 4.78 is 0. The Morgan fingerprint density at radius 1 is 1.06 bits per heavy atom. The molecule has 5 N–H and O–H groups in total. The van der Waals surface area contributed by atoms with Crippen LogP contribution in [0.1, 0.15) is 30.7 Å². The van der Waals surface area contributed by atoms with Gasteiger partial charge in [-0.1, -0.05) is 18.2 Å². The van der Waals surface area contributed by atoms with Gasteiger partial charge in [0.1, 0.15) is 17.5 Å². The lowest BCUT2D eigenvalue weighted by Gasteiger charge is -2.17. The van der Waals surface area contributed by atoms with Gasteiger partial charge in [0, 0.05) is 16.7 Å². The average Bonchev–Trinajstić information content (AvgIpc) is 3.42. The molecule has 7 heteroatoms. The number of nitrogens with zero attached hydrogens (tertiary/aromatic N) is 3. The Labute approximate surface area is 192 Å². The molecule has 0 amide bonds. The lowest BCUT2D eigenvalue weighted by molar-refractivity contribution is 0.380. The zero-order chi connectivity index (χ0) is 22.9. The molecule has 33 heavy (non-hydrogen) atoms. The highest BCUT2D eigenvalue weighted by atomic mass is 15.0.